The van der Waals surface area contributed by atoms with E-state index in [1.165, 1.54) is 18.9 Å². The van der Waals surface area contributed by atoms with Gasteiger partial charge < -0.3 is 18.6 Å². The van der Waals surface area contributed by atoms with Crippen LogP contribution < -0.4 is 10.4 Å². The Morgan fingerprint density at radius 1 is 1.16 bits per heavy atom. The highest BCUT2D eigenvalue weighted by Crippen LogP contribution is 2.28. The van der Waals surface area contributed by atoms with Crippen LogP contribution in [0.25, 0.3) is 11.0 Å². The van der Waals surface area contributed by atoms with E-state index in [0.29, 0.717) is 17.9 Å². The molecule has 1 amide bonds. The second-order valence-electron chi connectivity index (χ2n) is 8.81. The predicted molar refractivity (Wildman–Crippen MR) is 119 cm³/mol. The summed E-state index contributed by atoms with van der Waals surface area (Å²) >= 11 is 0. The van der Waals surface area contributed by atoms with Crippen molar-refractivity contribution >= 4 is 16.9 Å². The molecule has 2 aromatic heterocycles. The van der Waals surface area contributed by atoms with Gasteiger partial charge in [-0.25, -0.2) is 4.79 Å². The fraction of sp³-hybridized carbons (Fsp3) is 0.500. The first kappa shape index (κ1) is 20.7. The number of amides is 1. The number of piperidine rings is 1. The molecule has 0 aliphatic carbocycles. The summed E-state index contributed by atoms with van der Waals surface area (Å²) in [4.78, 5) is 26.4. The summed E-state index contributed by atoms with van der Waals surface area (Å²) in [5, 5.41) is 9.79. The highest BCUT2D eigenvalue weighted by Gasteiger charge is 2.29. The summed E-state index contributed by atoms with van der Waals surface area (Å²) in [5.74, 6) is 2.79. The number of hydrogen-bond acceptors (Lipinski definition) is 6. The molecule has 2 aliphatic rings. The van der Waals surface area contributed by atoms with Gasteiger partial charge in [-0.1, -0.05) is 6.42 Å². The minimum atomic E-state index is -0.394. The lowest BCUT2D eigenvalue weighted by Crippen LogP contribution is -2.42. The predicted octanol–water partition coefficient (Wildman–Crippen LogP) is 3.20. The molecule has 1 fully saturated rings. The Morgan fingerprint density at radius 3 is 2.97 bits per heavy atom. The number of hydrogen-bond donors (Lipinski definition) is 0. The SMILES string of the molecule is Cc1cc(=O)oc2cc(OCC(=O)N3CCCC(c4nnc5n4CCCCC5)C3)ccc12. The summed E-state index contributed by atoms with van der Waals surface area (Å²) in [6.45, 7) is 4.16. The van der Waals surface area contributed by atoms with E-state index in [2.05, 4.69) is 14.8 Å². The van der Waals surface area contributed by atoms with Crippen LogP contribution in [0.5, 0.6) is 5.75 Å². The van der Waals surface area contributed by atoms with E-state index in [-0.39, 0.29) is 18.4 Å². The number of aromatic nitrogens is 3. The molecule has 3 aromatic rings. The minimum absolute atomic E-state index is 0.0453. The summed E-state index contributed by atoms with van der Waals surface area (Å²) in [7, 11) is 0. The number of likely N-dealkylation sites (tertiary alicyclic amines) is 1. The molecule has 168 valence electrons. The van der Waals surface area contributed by atoms with Crippen molar-refractivity contribution in [2.45, 2.75) is 57.9 Å². The Kier molecular flexibility index (Phi) is 5.68. The second kappa shape index (κ2) is 8.76. The van der Waals surface area contributed by atoms with Crippen LogP contribution in [0.2, 0.25) is 0 Å². The van der Waals surface area contributed by atoms with Crippen molar-refractivity contribution in [1.82, 2.24) is 19.7 Å². The van der Waals surface area contributed by atoms with Crippen molar-refractivity contribution in [1.29, 1.82) is 0 Å². The third-order valence-corrected chi connectivity index (χ3v) is 6.56. The number of nitrogens with zero attached hydrogens (tertiary/aromatic N) is 4. The lowest BCUT2D eigenvalue weighted by atomic mass is 9.97. The molecule has 0 bridgehead atoms. The normalized spacial score (nSPS) is 18.9. The number of aryl methyl sites for hydroxylation is 2. The van der Waals surface area contributed by atoms with E-state index in [4.69, 9.17) is 9.15 Å². The molecule has 0 N–H and O–H groups in total. The lowest BCUT2D eigenvalue weighted by molar-refractivity contribution is -0.134. The van der Waals surface area contributed by atoms with Gasteiger partial charge in [0, 0.05) is 49.5 Å². The Morgan fingerprint density at radius 2 is 2.06 bits per heavy atom. The van der Waals surface area contributed by atoms with Gasteiger partial charge in [0.25, 0.3) is 5.91 Å². The number of rotatable bonds is 4. The molecule has 4 heterocycles. The number of benzene rings is 1. The number of fused-ring (bicyclic) bond motifs is 2. The first-order valence-corrected chi connectivity index (χ1v) is 11.5. The standard InChI is InChI=1S/C24H28N4O4/c1-16-12-23(30)32-20-13-18(8-9-19(16)20)31-15-22(29)27-10-5-6-17(14-27)24-26-25-21-7-3-2-4-11-28(21)24/h8-9,12-13,17H,2-7,10-11,14-15H2,1H3. The summed E-state index contributed by atoms with van der Waals surface area (Å²) < 4.78 is 13.3. The molecular formula is C24H28N4O4. The maximum Gasteiger partial charge on any atom is 0.336 e. The lowest BCUT2D eigenvalue weighted by Gasteiger charge is -2.32. The number of carbonyl (C=O) groups is 1. The molecule has 1 saturated heterocycles. The van der Waals surface area contributed by atoms with E-state index in [0.717, 1.165) is 61.4 Å². The topological polar surface area (TPSA) is 90.5 Å². The largest absolute Gasteiger partial charge is 0.484 e. The van der Waals surface area contributed by atoms with Crippen LogP contribution in [0, 0.1) is 6.92 Å². The van der Waals surface area contributed by atoms with Gasteiger partial charge in [-0.3, -0.25) is 4.79 Å². The maximum atomic E-state index is 12.9. The van der Waals surface area contributed by atoms with E-state index < -0.39 is 5.63 Å². The van der Waals surface area contributed by atoms with Crippen molar-refractivity contribution in [3.63, 3.8) is 0 Å². The van der Waals surface area contributed by atoms with E-state index >= 15 is 0 Å². The van der Waals surface area contributed by atoms with Crippen LogP contribution in [0.1, 0.15) is 55.2 Å². The van der Waals surface area contributed by atoms with Crippen molar-refractivity contribution in [3.8, 4) is 5.75 Å². The zero-order valence-electron chi connectivity index (χ0n) is 18.4. The van der Waals surface area contributed by atoms with Gasteiger partial charge in [0.15, 0.2) is 6.61 Å². The Labute approximate surface area is 186 Å². The molecule has 0 radical (unpaired) electrons. The van der Waals surface area contributed by atoms with Crippen LogP contribution in [0.4, 0.5) is 0 Å². The van der Waals surface area contributed by atoms with Crippen LogP contribution in [0.15, 0.2) is 33.5 Å². The first-order valence-electron chi connectivity index (χ1n) is 11.5. The van der Waals surface area contributed by atoms with Gasteiger partial charge in [-0.2, -0.15) is 0 Å². The first-order chi connectivity index (χ1) is 15.6. The fourth-order valence-corrected chi connectivity index (χ4v) is 4.86. The van der Waals surface area contributed by atoms with Crippen molar-refractivity contribution in [2.24, 2.45) is 0 Å². The van der Waals surface area contributed by atoms with Gasteiger partial charge in [0.1, 0.15) is 23.0 Å². The van der Waals surface area contributed by atoms with Crippen molar-refractivity contribution in [2.75, 3.05) is 19.7 Å². The molecule has 1 aromatic carbocycles. The Hall–Kier alpha value is -3.16. The zero-order chi connectivity index (χ0) is 22.1. The quantitative estimate of drug-likeness (QED) is 0.584. The highest BCUT2D eigenvalue weighted by atomic mass is 16.5. The molecule has 8 heteroatoms. The smallest absolute Gasteiger partial charge is 0.336 e. The molecule has 8 nitrogen and oxygen atoms in total. The van der Waals surface area contributed by atoms with Crippen molar-refractivity contribution in [3.05, 3.63) is 51.9 Å². The fourth-order valence-electron chi connectivity index (χ4n) is 4.86. The number of carbonyl (C=O) groups excluding carboxylic acids is 1. The van der Waals surface area contributed by atoms with Crippen LogP contribution in [0.3, 0.4) is 0 Å². The van der Waals surface area contributed by atoms with Crippen molar-refractivity contribution < 1.29 is 13.9 Å². The molecule has 32 heavy (non-hydrogen) atoms. The summed E-state index contributed by atoms with van der Waals surface area (Å²) in [6, 6.07) is 6.78. The third-order valence-electron chi connectivity index (χ3n) is 6.56. The summed E-state index contributed by atoms with van der Waals surface area (Å²) in [6.07, 6.45) is 6.51. The molecular weight excluding hydrogens is 408 g/mol. The van der Waals surface area contributed by atoms with E-state index in [9.17, 15) is 9.59 Å². The molecule has 1 unspecified atom stereocenters. The van der Waals surface area contributed by atoms with Crippen LogP contribution >= 0.6 is 0 Å². The third kappa shape index (κ3) is 4.13. The molecule has 0 spiro atoms. The second-order valence-corrected chi connectivity index (χ2v) is 8.81. The molecule has 1 atom stereocenters. The van der Waals surface area contributed by atoms with Gasteiger partial charge in [0.05, 0.1) is 0 Å². The van der Waals surface area contributed by atoms with E-state index in [1.807, 2.05) is 17.9 Å². The molecule has 5 rings (SSSR count). The molecule has 2 aliphatic heterocycles. The van der Waals surface area contributed by atoms with Gasteiger partial charge >= 0.3 is 5.63 Å². The average Bonchev–Trinajstić information content (AvgIpc) is 3.05. The highest BCUT2D eigenvalue weighted by molar-refractivity contribution is 5.81. The van der Waals surface area contributed by atoms with Crippen LogP contribution in [-0.4, -0.2) is 45.3 Å². The van der Waals surface area contributed by atoms with Gasteiger partial charge in [-0.05, 0) is 50.3 Å². The zero-order valence-corrected chi connectivity index (χ0v) is 18.4. The van der Waals surface area contributed by atoms with Gasteiger partial charge in [0.2, 0.25) is 0 Å². The Balaban J connectivity index is 1.25. The minimum Gasteiger partial charge on any atom is -0.484 e. The average molecular weight is 437 g/mol. The monoisotopic (exact) mass is 436 g/mol. The maximum absolute atomic E-state index is 12.9. The molecule has 0 saturated carbocycles. The van der Waals surface area contributed by atoms with Crippen LogP contribution in [-0.2, 0) is 17.8 Å². The van der Waals surface area contributed by atoms with Gasteiger partial charge in [-0.15, -0.1) is 10.2 Å². The summed E-state index contributed by atoms with van der Waals surface area (Å²) in [5.41, 5.74) is 0.920. The number of ether oxygens (including phenoxy) is 1. The Bertz CT molecular complexity index is 1200. The van der Waals surface area contributed by atoms with E-state index in [1.54, 1.807) is 12.1 Å².